The van der Waals surface area contributed by atoms with Gasteiger partial charge in [-0.1, -0.05) is 13.0 Å². The number of methoxy groups -OCH3 is 2. The first-order valence-corrected chi connectivity index (χ1v) is 5.83. The van der Waals surface area contributed by atoms with E-state index in [2.05, 4.69) is 14.2 Å². The number of carbonyl (C=O) groups excluding carboxylic acids is 2. The molecule has 0 saturated carbocycles. The van der Waals surface area contributed by atoms with E-state index >= 15 is 0 Å². The van der Waals surface area contributed by atoms with Gasteiger partial charge in [0.2, 0.25) is 0 Å². The van der Waals surface area contributed by atoms with E-state index in [0.29, 0.717) is 12.0 Å². The van der Waals surface area contributed by atoms with Gasteiger partial charge in [-0.25, -0.2) is 9.59 Å². The maximum Gasteiger partial charge on any atom is 0.573 e. The van der Waals surface area contributed by atoms with Crippen molar-refractivity contribution >= 4 is 11.9 Å². The molecule has 0 aliphatic carbocycles. The fourth-order valence-electron chi connectivity index (χ4n) is 1.77. The van der Waals surface area contributed by atoms with Gasteiger partial charge in [0.1, 0.15) is 11.3 Å². The number of carbonyl (C=O) groups is 2. The van der Waals surface area contributed by atoms with E-state index in [1.54, 1.807) is 6.92 Å². The fraction of sp³-hybridized carbons (Fsp3) is 0.385. The maximum absolute atomic E-state index is 12.4. The predicted molar refractivity (Wildman–Crippen MR) is 65.2 cm³/mol. The Balaban J connectivity index is 3.59. The summed E-state index contributed by atoms with van der Waals surface area (Å²) in [6, 6.07) is 2.23. The van der Waals surface area contributed by atoms with Crippen molar-refractivity contribution in [1.82, 2.24) is 0 Å². The highest BCUT2D eigenvalue weighted by Crippen LogP contribution is 2.32. The Morgan fingerprint density at radius 1 is 1.05 bits per heavy atom. The van der Waals surface area contributed by atoms with Crippen LogP contribution in [-0.2, 0) is 15.9 Å². The molecule has 1 aromatic rings. The standard InChI is InChI=1S/C13H13F3O5/c1-4-7-5-6-8(21-13(14,15)16)10(12(18)20-3)9(7)11(17)19-2/h5-6H,4H2,1-3H3. The van der Waals surface area contributed by atoms with Crippen LogP contribution in [0.3, 0.4) is 0 Å². The van der Waals surface area contributed by atoms with Crippen LogP contribution in [0.4, 0.5) is 13.2 Å². The molecular weight excluding hydrogens is 293 g/mol. The summed E-state index contributed by atoms with van der Waals surface area (Å²) >= 11 is 0. The number of halogens is 3. The number of rotatable bonds is 4. The summed E-state index contributed by atoms with van der Waals surface area (Å²) in [5.74, 6) is -2.88. The van der Waals surface area contributed by atoms with E-state index in [-0.39, 0.29) is 5.56 Å². The lowest BCUT2D eigenvalue weighted by atomic mass is 9.98. The molecular formula is C13H13F3O5. The minimum absolute atomic E-state index is 0.298. The number of esters is 2. The molecule has 116 valence electrons. The number of aryl methyl sites for hydroxylation is 1. The van der Waals surface area contributed by atoms with Gasteiger partial charge in [0.05, 0.1) is 19.8 Å². The second kappa shape index (κ2) is 6.47. The van der Waals surface area contributed by atoms with Crippen molar-refractivity contribution in [3.63, 3.8) is 0 Å². The lowest BCUT2D eigenvalue weighted by Crippen LogP contribution is -2.22. The highest BCUT2D eigenvalue weighted by Gasteiger charge is 2.35. The highest BCUT2D eigenvalue weighted by atomic mass is 19.4. The SMILES string of the molecule is CCc1ccc(OC(F)(F)F)c(C(=O)OC)c1C(=O)OC. The molecule has 0 atom stereocenters. The van der Waals surface area contributed by atoms with Crippen LogP contribution in [-0.4, -0.2) is 32.5 Å². The van der Waals surface area contributed by atoms with Crippen LogP contribution in [0.1, 0.15) is 33.2 Å². The number of ether oxygens (including phenoxy) is 3. The molecule has 0 saturated heterocycles. The van der Waals surface area contributed by atoms with Gasteiger partial charge in [0.15, 0.2) is 0 Å². The minimum atomic E-state index is -5.01. The average molecular weight is 306 g/mol. The van der Waals surface area contributed by atoms with E-state index < -0.39 is 29.6 Å². The summed E-state index contributed by atoms with van der Waals surface area (Å²) in [5.41, 5.74) is -0.564. The summed E-state index contributed by atoms with van der Waals surface area (Å²) in [6.45, 7) is 1.67. The van der Waals surface area contributed by atoms with Crippen LogP contribution >= 0.6 is 0 Å². The Morgan fingerprint density at radius 3 is 2.00 bits per heavy atom. The average Bonchev–Trinajstić information content (AvgIpc) is 2.43. The summed E-state index contributed by atoms with van der Waals surface area (Å²) < 4.78 is 49.9. The normalized spacial score (nSPS) is 11.0. The Morgan fingerprint density at radius 2 is 1.57 bits per heavy atom. The highest BCUT2D eigenvalue weighted by molar-refractivity contribution is 6.06. The molecule has 0 aliphatic rings. The number of hydrogen-bond acceptors (Lipinski definition) is 5. The third kappa shape index (κ3) is 3.87. The molecule has 0 N–H and O–H groups in total. The fourth-order valence-corrected chi connectivity index (χ4v) is 1.77. The van der Waals surface area contributed by atoms with Crippen LogP contribution in [0.2, 0.25) is 0 Å². The van der Waals surface area contributed by atoms with Crippen molar-refractivity contribution in [2.45, 2.75) is 19.7 Å². The van der Waals surface area contributed by atoms with Gasteiger partial charge in [0, 0.05) is 0 Å². The lowest BCUT2D eigenvalue weighted by molar-refractivity contribution is -0.274. The van der Waals surface area contributed by atoms with Crippen LogP contribution in [0, 0.1) is 0 Å². The number of alkyl halides is 3. The molecule has 1 rings (SSSR count). The minimum Gasteiger partial charge on any atom is -0.465 e. The molecule has 0 spiro atoms. The van der Waals surface area contributed by atoms with Gasteiger partial charge in [-0.05, 0) is 18.1 Å². The Bertz CT molecular complexity index is 551. The molecule has 0 unspecified atom stereocenters. The van der Waals surface area contributed by atoms with Gasteiger partial charge in [-0.15, -0.1) is 13.2 Å². The van der Waals surface area contributed by atoms with Crippen molar-refractivity contribution in [3.05, 3.63) is 28.8 Å². The first kappa shape index (κ1) is 16.8. The first-order valence-electron chi connectivity index (χ1n) is 5.83. The van der Waals surface area contributed by atoms with E-state index in [9.17, 15) is 22.8 Å². The summed E-state index contributed by atoms with van der Waals surface area (Å²) in [7, 11) is 2.04. The molecule has 0 amide bonds. The zero-order chi connectivity index (χ0) is 16.2. The number of hydrogen-bond donors (Lipinski definition) is 0. The van der Waals surface area contributed by atoms with Crippen molar-refractivity contribution in [1.29, 1.82) is 0 Å². The molecule has 8 heteroatoms. The van der Waals surface area contributed by atoms with E-state index in [1.807, 2.05) is 0 Å². The van der Waals surface area contributed by atoms with Crippen LogP contribution < -0.4 is 4.74 Å². The second-order valence-electron chi connectivity index (χ2n) is 3.86. The second-order valence-corrected chi connectivity index (χ2v) is 3.86. The quantitative estimate of drug-likeness (QED) is 0.800. The molecule has 0 radical (unpaired) electrons. The summed E-state index contributed by atoms with van der Waals surface area (Å²) in [4.78, 5) is 23.5. The van der Waals surface area contributed by atoms with E-state index in [0.717, 1.165) is 20.3 Å². The molecule has 0 aliphatic heterocycles. The Kier molecular flexibility index (Phi) is 5.17. The monoisotopic (exact) mass is 306 g/mol. The molecule has 0 fully saturated rings. The zero-order valence-electron chi connectivity index (χ0n) is 11.5. The maximum atomic E-state index is 12.4. The van der Waals surface area contributed by atoms with Crippen molar-refractivity contribution in [2.24, 2.45) is 0 Å². The third-order valence-corrected chi connectivity index (χ3v) is 2.64. The van der Waals surface area contributed by atoms with Gasteiger partial charge in [-0.2, -0.15) is 0 Å². The molecule has 0 heterocycles. The van der Waals surface area contributed by atoms with Crippen molar-refractivity contribution < 1.29 is 37.0 Å². The largest absolute Gasteiger partial charge is 0.573 e. The summed E-state index contributed by atoms with van der Waals surface area (Å²) in [6.07, 6.45) is -4.70. The van der Waals surface area contributed by atoms with Crippen LogP contribution in [0.15, 0.2) is 12.1 Å². The van der Waals surface area contributed by atoms with Crippen molar-refractivity contribution in [2.75, 3.05) is 14.2 Å². The third-order valence-electron chi connectivity index (χ3n) is 2.64. The van der Waals surface area contributed by atoms with Crippen LogP contribution in [0.25, 0.3) is 0 Å². The molecule has 0 aromatic heterocycles. The molecule has 1 aromatic carbocycles. The summed E-state index contributed by atoms with van der Waals surface area (Å²) in [5, 5.41) is 0. The van der Waals surface area contributed by atoms with Crippen molar-refractivity contribution in [3.8, 4) is 5.75 Å². The van der Waals surface area contributed by atoms with E-state index in [1.165, 1.54) is 6.07 Å². The Labute approximate surface area is 118 Å². The molecule has 21 heavy (non-hydrogen) atoms. The van der Waals surface area contributed by atoms with Gasteiger partial charge in [-0.3, -0.25) is 0 Å². The number of benzene rings is 1. The lowest BCUT2D eigenvalue weighted by Gasteiger charge is -2.16. The van der Waals surface area contributed by atoms with E-state index in [4.69, 9.17) is 0 Å². The van der Waals surface area contributed by atoms with Gasteiger partial charge in [0.25, 0.3) is 0 Å². The first-order chi connectivity index (χ1) is 9.75. The molecule has 5 nitrogen and oxygen atoms in total. The van der Waals surface area contributed by atoms with Gasteiger partial charge >= 0.3 is 18.3 Å². The van der Waals surface area contributed by atoms with Gasteiger partial charge < -0.3 is 14.2 Å². The topological polar surface area (TPSA) is 61.8 Å². The molecule has 0 bridgehead atoms. The predicted octanol–water partition coefficient (Wildman–Crippen LogP) is 2.72. The van der Waals surface area contributed by atoms with Crippen LogP contribution in [0.5, 0.6) is 5.75 Å². The Hall–Kier alpha value is -2.25. The smallest absolute Gasteiger partial charge is 0.465 e. The zero-order valence-corrected chi connectivity index (χ0v) is 11.5.